The molecule has 4 nitrogen and oxygen atoms in total. The second kappa shape index (κ2) is 10.2. The van der Waals surface area contributed by atoms with Gasteiger partial charge in [-0.3, -0.25) is 9.59 Å². The van der Waals surface area contributed by atoms with Gasteiger partial charge in [-0.1, -0.05) is 89.9 Å². The van der Waals surface area contributed by atoms with Gasteiger partial charge in [0.25, 0.3) is 0 Å². The summed E-state index contributed by atoms with van der Waals surface area (Å²) in [5, 5.41) is 10.4. The Morgan fingerprint density at radius 3 is 1.76 bits per heavy atom. The summed E-state index contributed by atoms with van der Waals surface area (Å²) in [6, 6.07) is 22.8. The smallest absolute Gasteiger partial charge is 0.191 e. The van der Waals surface area contributed by atoms with E-state index < -0.39 is 5.92 Å². The summed E-state index contributed by atoms with van der Waals surface area (Å²) >= 11 is 12.7. The fraction of sp³-hybridized carbons (Fsp3) is 0.111. The molecule has 0 bridgehead atoms. The lowest BCUT2D eigenvalue weighted by Gasteiger charge is -2.31. The number of carbonyl (C=O) groups is 2. The molecule has 1 aliphatic heterocycles. The molecule has 0 atom stereocenters. The molecule has 0 saturated carbocycles. The highest BCUT2D eigenvalue weighted by molar-refractivity contribution is 6.35. The van der Waals surface area contributed by atoms with Crippen molar-refractivity contribution in [3.8, 4) is 0 Å². The van der Waals surface area contributed by atoms with Crippen molar-refractivity contribution in [1.29, 1.82) is 0 Å². The molecule has 0 aliphatic carbocycles. The number of aliphatic hydroxyl groups is 1. The Morgan fingerprint density at radius 1 is 0.788 bits per heavy atom. The second-order valence-electron chi connectivity index (χ2n) is 7.62. The van der Waals surface area contributed by atoms with Crippen LogP contribution in [-0.4, -0.2) is 34.7 Å². The minimum Gasteiger partial charge on any atom is -0.395 e. The van der Waals surface area contributed by atoms with E-state index in [1.165, 1.54) is 0 Å². The number of hydrogen-bond donors (Lipinski definition) is 1. The van der Waals surface area contributed by atoms with Crippen molar-refractivity contribution < 1.29 is 14.7 Å². The topological polar surface area (TPSA) is 57.6 Å². The van der Waals surface area contributed by atoms with Gasteiger partial charge in [0, 0.05) is 57.2 Å². The molecule has 0 spiro atoms. The van der Waals surface area contributed by atoms with Crippen molar-refractivity contribution in [2.45, 2.75) is 5.92 Å². The molecule has 1 N–H and O–H groups in total. The number of benzene rings is 3. The minimum atomic E-state index is -0.704. The molecule has 0 aromatic heterocycles. The Bertz CT molecular complexity index is 1170. The second-order valence-corrected chi connectivity index (χ2v) is 8.46. The van der Waals surface area contributed by atoms with E-state index in [0.717, 1.165) is 0 Å². The zero-order valence-electron chi connectivity index (χ0n) is 17.6. The van der Waals surface area contributed by atoms with Crippen LogP contribution in [0.5, 0.6) is 0 Å². The van der Waals surface area contributed by atoms with Gasteiger partial charge < -0.3 is 10.0 Å². The third-order valence-electron chi connectivity index (χ3n) is 5.46. The third kappa shape index (κ3) is 4.93. The molecule has 1 aliphatic rings. The van der Waals surface area contributed by atoms with Crippen LogP contribution in [0.1, 0.15) is 32.2 Å². The van der Waals surface area contributed by atoms with Gasteiger partial charge in [0.05, 0.1) is 6.61 Å². The molecular weight excluding hydrogens is 457 g/mol. The van der Waals surface area contributed by atoms with Gasteiger partial charge in [0.1, 0.15) is 0 Å². The number of β-amino-alcohol motifs (C(OH)–C–C–N with tert-alkyl or cyclic N) is 1. The van der Waals surface area contributed by atoms with Crippen molar-refractivity contribution >= 4 is 34.8 Å². The lowest BCUT2D eigenvalue weighted by atomic mass is 9.77. The zero-order chi connectivity index (χ0) is 23.4. The number of halogens is 2. The normalized spacial score (nSPS) is 14.0. The third-order valence-corrected chi connectivity index (χ3v) is 6.02. The highest BCUT2D eigenvalue weighted by Crippen LogP contribution is 2.42. The van der Waals surface area contributed by atoms with Crippen LogP contribution in [0.3, 0.4) is 0 Å². The molecule has 4 rings (SSSR count). The number of ketones is 2. The molecular formula is C27H21Cl2NO3. The fourth-order valence-electron chi connectivity index (χ4n) is 3.92. The van der Waals surface area contributed by atoms with Gasteiger partial charge >= 0.3 is 0 Å². The fourth-order valence-corrected chi connectivity index (χ4v) is 4.44. The predicted octanol–water partition coefficient (Wildman–Crippen LogP) is 5.92. The monoisotopic (exact) mass is 477 g/mol. The van der Waals surface area contributed by atoms with Crippen LogP contribution in [-0.2, 0) is 0 Å². The van der Waals surface area contributed by atoms with E-state index in [0.29, 0.717) is 37.9 Å². The van der Waals surface area contributed by atoms with Crippen molar-refractivity contribution in [3.63, 3.8) is 0 Å². The van der Waals surface area contributed by atoms with Crippen LogP contribution in [0.4, 0.5) is 0 Å². The van der Waals surface area contributed by atoms with Crippen LogP contribution in [0.25, 0.3) is 0 Å². The van der Waals surface area contributed by atoms with Gasteiger partial charge in [-0.15, -0.1) is 0 Å². The summed E-state index contributed by atoms with van der Waals surface area (Å²) in [7, 11) is 0. The Labute approximate surface area is 202 Å². The minimum absolute atomic E-state index is 0.140. The highest BCUT2D eigenvalue weighted by atomic mass is 35.5. The van der Waals surface area contributed by atoms with Crippen LogP contribution in [0.15, 0.2) is 102 Å². The standard InChI is InChI=1S/C27H21Cl2NO3/c28-20-11-12-21(24(29)15-20)25-22(26(32)18-7-3-1-4-8-18)16-30(13-14-31)17-23(25)27(33)19-9-5-2-6-10-19/h1-12,15-17,25,31H,13-14H2. The van der Waals surface area contributed by atoms with Gasteiger partial charge in [-0.25, -0.2) is 0 Å². The molecule has 33 heavy (non-hydrogen) atoms. The molecule has 0 radical (unpaired) electrons. The van der Waals surface area contributed by atoms with E-state index in [4.69, 9.17) is 23.2 Å². The molecule has 0 unspecified atom stereocenters. The number of rotatable bonds is 7. The van der Waals surface area contributed by atoms with Crippen molar-refractivity contribution in [2.75, 3.05) is 13.2 Å². The lowest BCUT2D eigenvalue weighted by Crippen LogP contribution is -2.29. The molecule has 6 heteroatoms. The Kier molecular flexibility index (Phi) is 7.09. The van der Waals surface area contributed by atoms with Crippen LogP contribution < -0.4 is 0 Å². The average molecular weight is 478 g/mol. The van der Waals surface area contributed by atoms with Crippen LogP contribution in [0.2, 0.25) is 10.0 Å². The molecule has 0 amide bonds. The first kappa shape index (κ1) is 23.0. The summed E-state index contributed by atoms with van der Waals surface area (Å²) < 4.78 is 0. The van der Waals surface area contributed by atoms with E-state index in [9.17, 15) is 14.7 Å². The van der Waals surface area contributed by atoms with E-state index in [1.54, 1.807) is 84.0 Å². The van der Waals surface area contributed by atoms with E-state index in [1.807, 2.05) is 12.1 Å². The summed E-state index contributed by atoms with van der Waals surface area (Å²) in [5.41, 5.74) is 2.38. The first-order chi connectivity index (χ1) is 16.0. The lowest BCUT2D eigenvalue weighted by molar-refractivity contribution is 0.101. The number of Topliss-reactive ketones (excluding diaryl/α,β-unsaturated/α-hetero) is 2. The van der Waals surface area contributed by atoms with Crippen molar-refractivity contribution in [2.24, 2.45) is 0 Å². The highest BCUT2D eigenvalue weighted by Gasteiger charge is 2.35. The quantitative estimate of drug-likeness (QED) is 0.429. The summed E-state index contributed by atoms with van der Waals surface area (Å²) in [6.45, 7) is 0.0944. The molecule has 1 heterocycles. The summed E-state index contributed by atoms with van der Waals surface area (Å²) in [6.07, 6.45) is 3.37. The van der Waals surface area contributed by atoms with E-state index >= 15 is 0 Å². The average Bonchev–Trinajstić information content (AvgIpc) is 2.84. The van der Waals surface area contributed by atoms with Gasteiger partial charge in [0.2, 0.25) is 0 Å². The molecule has 166 valence electrons. The Hall–Kier alpha value is -3.18. The maximum absolute atomic E-state index is 13.7. The first-order valence-electron chi connectivity index (χ1n) is 10.4. The molecule has 0 fully saturated rings. The number of hydrogen-bond acceptors (Lipinski definition) is 4. The van der Waals surface area contributed by atoms with Gasteiger partial charge in [0.15, 0.2) is 11.6 Å². The summed E-state index contributed by atoms with van der Waals surface area (Å²) in [5.74, 6) is -1.15. The predicted molar refractivity (Wildman–Crippen MR) is 131 cm³/mol. The van der Waals surface area contributed by atoms with Crippen molar-refractivity contribution in [1.82, 2.24) is 4.90 Å². The van der Waals surface area contributed by atoms with E-state index in [2.05, 4.69) is 0 Å². The zero-order valence-corrected chi connectivity index (χ0v) is 19.1. The maximum atomic E-state index is 13.7. The van der Waals surface area contributed by atoms with Gasteiger partial charge in [-0.05, 0) is 17.7 Å². The maximum Gasteiger partial charge on any atom is 0.191 e. The number of carbonyl (C=O) groups excluding carboxylic acids is 2. The number of allylic oxidation sites excluding steroid dienone is 2. The Balaban J connectivity index is 1.90. The van der Waals surface area contributed by atoms with Crippen LogP contribution >= 0.6 is 23.2 Å². The van der Waals surface area contributed by atoms with Crippen LogP contribution in [0, 0.1) is 0 Å². The van der Waals surface area contributed by atoms with Crippen molar-refractivity contribution in [3.05, 3.63) is 129 Å². The van der Waals surface area contributed by atoms with Gasteiger partial charge in [-0.2, -0.15) is 0 Å². The number of aliphatic hydroxyl groups excluding tert-OH is 1. The molecule has 0 saturated heterocycles. The largest absolute Gasteiger partial charge is 0.395 e. The molecule has 3 aromatic rings. The summed E-state index contributed by atoms with van der Waals surface area (Å²) in [4.78, 5) is 29.0. The SMILES string of the molecule is O=C(C1=CN(CCO)C=C(C(=O)c2ccccc2)C1c1ccc(Cl)cc1Cl)c1ccccc1. The Morgan fingerprint density at radius 2 is 1.30 bits per heavy atom. The van der Waals surface area contributed by atoms with E-state index in [-0.39, 0.29) is 24.7 Å². The number of nitrogens with zero attached hydrogens (tertiary/aromatic N) is 1. The molecule has 3 aromatic carbocycles. The first-order valence-corrected chi connectivity index (χ1v) is 11.2.